The minimum Gasteiger partial charge on any atom is -0.493 e. The molecule has 1 N–H and O–H groups in total. The largest absolute Gasteiger partial charge is 0.493 e. The van der Waals surface area contributed by atoms with Crippen molar-refractivity contribution in [2.24, 2.45) is 0 Å². The fourth-order valence-electron chi connectivity index (χ4n) is 4.75. The van der Waals surface area contributed by atoms with Crippen LogP contribution < -0.4 is 10.2 Å². The molecule has 4 rings (SSSR count). The Morgan fingerprint density at radius 3 is 2.55 bits per heavy atom. The number of pyridine rings is 1. The molecule has 0 spiro atoms. The van der Waals surface area contributed by atoms with E-state index in [1.54, 1.807) is 24.3 Å². The van der Waals surface area contributed by atoms with Crippen molar-refractivity contribution in [2.75, 3.05) is 6.61 Å². The van der Waals surface area contributed by atoms with Crippen molar-refractivity contribution >= 4 is 10.9 Å². The van der Waals surface area contributed by atoms with E-state index in [0.717, 1.165) is 0 Å². The van der Waals surface area contributed by atoms with Crippen LogP contribution in [0.4, 0.5) is 17.6 Å². The van der Waals surface area contributed by atoms with Crippen molar-refractivity contribution < 1.29 is 27.4 Å². The van der Waals surface area contributed by atoms with Gasteiger partial charge in [-0.2, -0.15) is 13.2 Å². The number of benzene rings is 2. The summed E-state index contributed by atoms with van der Waals surface area (Å²) >= 11 is 0. The SMILES string of the molecule is Cc1cn(CC(O)(CC(C)(C)c2cc(F)cc3c2OCC3)C(F)(F)F)c2ccccc2c1=O. The van der Waals surface area contributed by atoms with Crippen LogP contribution >= 0.6 is 0 Å². The van der Waals surface area contributed by atoms with Gasteiger partial charge in [-0.15, -0.1) is 0 Å². The normalized spacial score (nSPS) is 15.9. The molecule has 0 aliphatic carbocycles. The van der Waals surface area contributed by atoms with Gasteiger partial charge in [-0.05, 0) is 43.0 Å². The molecule has 176 valence electrons. The van der Waals surface area contributed by atoms with E-state index in [1.807, 2.05) is 0 Å². The molecule has 0 bridgehead atoms. The van der Waals surface area contributed by atoms with Crippen LogP contribution in [-0.2, 0) is 18.4 Å². The molecule has 1 aliphatic heterocycles. The first-order chi connectivity index (χ1) is 15.3. The zero-order valence-electron chi connectivity index (χ0n) is 18.6. The number of nitrogens with zero attached hydrogens (tertiary/aromatic N) is 1. The van der Waals surface area contributed by atoms with E-state index in [9.17, 15) is 27.5 Å². The summed E-state index contributed by atoms with van der Waals surface area (Å²) in [5.41, 5.74) is -3.24. The lowest BCUT2D eigenvalue weighted by molar-refractivity contribution is -0.271. The fourth-order valence-corrected chi connectivity index (χ4v) is 4.75. The Kier molecular flexibility index (Phi) is 5.55. The number of aromatic nitrogens is 1. The number of halogens is 4. The Balaban J connectivity index is 1.80. The highest BCUT2D eigenvalue weighted by Gasteiger charge is 2.56. The van der Waals surface area contributed by atoms with Crippen LogP contribution in [0.15, 0.2) is 47.4 Å². The fraction of sp³-hybridized carbons (Fsp3) is 0.400. The van der Waals surface area contributed by atoms with Crippen LogP contribution in [0.5, 0.6) is 5.75 Å². The van der Waals surface area contributed by atoms with Crippen LogP contribution in [0.25, 0.3) is 10.9 Å². The summed E-state index contributed by atoms with van der Waals surface area (Å²) in [6.07, 6.45) is -3.91. The summed E-state index contributed by atoms with van der Waals surface area (Å²) < 4.78 is 64.1. The summed E-state index contributed by atoms with van der Waals surface area (Å²) in [5, 5.41) is 11.4. The zero-order valence-corrected chi connectivity index (χ0v) is 18.6. The van der Waals surface area contributed by atoms with Crippen LogP contribution in [0, 0.1) is 12.7 Å². The molecule has 2 heterocycles. The van der Waals surface area contributed by atoms with Gasteiger partial charge in [0.05, 0.1) is 18.7 Å². The van der Waals surface area contributed by atoms with Gasteiger partial charge in [0.2, 0.25) is 0 Å². The zero-order chi connectivity index (χ0) is 24.2. The number of aryl methyl sites for hydroxylation is 1. The number of alkyl halides is 3. The van der Waals surface area contributed by atoms with Crippen molar-refractivity contribution in [1.29, 1.82) is 0 Å². The Bertz CT molecular complexity index is 1280. The van der Waals surface area contributed by atoms with Crippen molar-refractivity contribution in [1.82, 2.24) is 4.57 Å². The second-order valence-corrected chi connectivity index (χ2v) is 9.42. The molecule has 0 saturated heterocycles. The minimum atomic E-state index is -4.99. The Hall–Kier alpha value is -2.87. The van der Waals surface area contributed by atoms with Crippen LogP contribution in [0.1, 0.15) is 37.0 Å². The smallest absolute Gasteiger partial charge is 0.418 e. The second kappa shape index (κ2) is 7.87. The van der Waals surface area contributed by atoms with Gasteiger partial charge in [0.1, 0.15) is 11.6 Å². The summed E-state index contributed by atoms with van der Waals surface area (Å²) in [5.74, 6) is -0.171. The number of aliphatic hydroxyl groups is 1. The van der Waals surface area contributed by atoms with E-state index < -0.39 is 36.0 Å². The predicted octanol–water partition coefficient (Wildman–Crippen LogP) is 5.05. The number of hydrogen-bond donors (Lipinski definition) is 1. The van der Waals surface area contributed by atoms with Crippen LogP contribution in [-0.4, -0.2) is 28.1 Å². The van der Waals surface area contributed by atoms with E-state index in [0.29, 0.717) is 35.4 Å². The first-order valence-electron chi connectivity index (χ1n) is 10.7. The van der Waals surface area contributed by atoms with E-state index in [2.05, 4.69) is 0 Å². The molecular weight excluding hydrogens is 438 g/mol. The first kappa shape index (κ1) is 23.3. The molecule has 4 nitrogen and oxygen atoms in total. The lowest BCUT2D eigenvalue weighted by atomic mass is 9.74. The molecule has 8 heteroatoms. The molecular formula is C25H25F4NO3. The Morgan fingerprint density at radius 1 is 1.15 bits per heavy atom. The van der Waals surface area contributed by atoms with Crippen molar-refractivity contribution in [3.63, 3.8) is 0 Å². The summed E-state index contributed by atoms with van der Waals surface area (Å²) in [4.78, 5) is 12.4. The van der Waals surface area contributed by atoms with E-state index >= 15 is 0 Å². The Morgan fingerprint density at radius 2 is 1.85 bits per heavy atom. The van der Waals surface area contributed by atoms with Gasteiger partial charge in [0, 0.05) is 34.7 Å². The summed E-state index contributed by atoms with van der Waals surface area (Å²) in [6.45, 7) is 4.10. The van der Waals surface area contributed by atoms with Gasteiger partial charge in [-0.3, -0.25) is 4.79 Å². The monoisotopic (exact) mass is 463 g/mol. The molecule has 0 radical (unpaired) electrons. The number of fused-ring (bicyclic) bond motifs is 2. The average molecular weight is 463 g/mol. The molecule has 1 atom stereocenters. The highest BCUT2D eigenvalue weighted by atomic mass is 19.4. The van der Waals surface area contributed by atoms with Gasteiger partial charge in [-0.1, -0.05) is 26.0 Å². The number of para-hydroxylation sites is 1. The predicted molar refractivity (Wildman–Crippen MR) is 117 cm³/mol. The standard InChI is InChI=1S/C25H25F4NO3/c1-15-12-30(20-7-5-4-6-18(20)21(15)31)14-24(32,25(27,28)29)13-23(2,3)19-11-17(26)10-16-8-9-33-22(16)19/h4-7,10-12,32H,8-9,13-14H2,1-3H3. The third-order valence-corrected chi connectivity index (χ3v) is 6.34. The topological polar surface area (TPSA) is 51.5 Å². The van der Waals surface area contributed by atoms with Gasteiger partial charge in [0.25, 0.3) is 0 Å². The lowest BCUT2D eigenvalue weighted by Gasteiger charge is -2.39. The Labute approximate surface area is 188 Å². The minimum absolute atomic E-state index is 0.272. The molecule has 1 unspecified atom stereocenters. The number of hydrogen-bond acceptors (Lipinski definition) is 3. The maximum absolute atomic E-state index is 14.3. The maximum Gasteiger partial charge on any atom is 0.418 e. The van der Waals surface area contributed by atoms with Gasteiger partial charge in [-0.25, -0.2) is 4.39 Å². The number of rotatable bonds is 5. The molecule has 0 fully saturated rings. The summed E-state index contributed by atoms with van der Waals surface area (Å²) in [7, 11) is 0. The first-order valence-corrected chi connectivity index (χ1v) is 10.7. The summed E-state index contributed by atoms with van der Waals surface area (Å²) in [6, 6.07) is 8.86. The maximum atomic E-state index is 14.3. The van der Waals surface area contributed by atoms with Crippen LogP contribution in [0.2, 0.25) is 0 Å². The highest BCUT2D eigenvalue weighted by molar-refractivity contribution is 5.79. The lowest BCUT2D eigenvalue weighted by Crippen LogP contribution is -2.52. The third-order valence-electron chi connectivity index (χ3n) is 6.34. The van der Waals surface area contributed by atoms with Gasteiger partial charge in [0.15, 0.2) is 11.0 Å². The second-order valence-electron chi connectivity index (χ2n) is 9.42. The average Bonchev–Trinajstić information content (AvgIpc) is 3.18. The van der Waals surface area contributed by atoms with Crippen molar-refractivity contribution in [3.05, 3.63) is 75.3 Å². The van der Waals surface area contributed by atoms with E-state index in [4.69, 9.17) is 4.74 Å². The van der Waals surface area contributed by atoms with E-state index in [1.165, 1.54) is 43.7 Å². The quantitative estimate of drug-likeness (QED) is 0.539. The van der Waals surface area contributed by atoms with E-state index in [-0.39, 0.29) is 16.4 Å². The molecule has 33 heavy (non-hydrogen) atoms. The molecule has 1 aromatic heterocycles. The third kappa shape index (κ3) is 4.12. The van der Waals surface area contributed by atoms with Crippen molar-refractivity contribution in [3.8, 4) is 5.75 Å². The molecule has 3 aromatic rings. The van der Waals surface area contributed by atoms with Gasteiger partial charge >= 0.3 is 6.18 Å². The highest BCUT2D eigenvalue weighted by Crippen LogP contribution is 2.46. The van der Waals surface area contributed by atoms with Gasteiger partial charge < -0.3 is 14.4 Å². The number of ether oxygens (including phenoxy) is 1. The molecule has 2 aromatic carbocycles. The van der Waals surface area contributed by atoms with Crippen molar-refractivity contribution in [2.45, 2.75) is 57.3 Å². The molecule has 1 aliphatic rings. The molecule has 0 saturated carbocycles. The molecule has 0 amide bonds. The van der Waals surface area contributed by atoms with Crippen LogP contribution in [0.3, 0.4) is 0 Å².